The molecular formula is C21H22N6O. The van der Waals surface area contributed by atoms with Gasteiger partial charge in [-0.1, -0.05) is 35.5 Å². The molecule has 0 aliphatic carbocycles. The number of fused-ring (bicyclic) bond motifs is 2. The molecule has 28 heavy (non-hydrogen) atoms. The Bertz CT molecular complexity index is 1140. The highest BCUT2D eigenvalue weighted by Gasteiger charge is 2.07. The Morgan fingerprint density at radius 3 is 2.93 bits per heavy atom. The molecule has 0 radical (unpaired) electrons. The number of carbonyl (C=O) groups excluding carboxylic acids is 1. The minimum Gasteiger partial charge on any atom is -0.361 e. The molecule has 0 fully saturated rings. The van der Waals surface area contributed by atoms with Gasteiger partial charge in [0, 0.05) is 23.5 Å². The number of nitrogens with zero attached hydrogens (tertiary/aromatic N) is 4. The third-order valence-corrected chi connectivity index (χ3v) is 4.70. The summed E-state index contributed by atoms with van der Waals surface area (Å²) < 4.78 is 1.78. The number of hydrogen-bond acceptors (Lipinski definition) is 4. The SMILES string of the molecule is C/C(Cn1nnc2ccccc21)=N\NC(=O)CCCc1c[nH]c2ccccc12. The fraction of sp³-hybridized carbons (Fsp3) is 0.238. The van der Waals surface area contributed by atoms with Crippen LogP contribution in [0.25, 0.3) is 21.9 Å². The molecule has 0 spiro atoms. The lowest BCUT2D eigenvalue weighted by Crippen LogP contribution is -2.20. The van der Waals surface area contributed by atoms with E-state index in [1.54, 1.807) is 4.68 Å². The molecule has 142 valence electrons. The van der Waals surface area contributed by atoms with Crippen molar-refractivity contribution < 1.29 is 4.79 Å². The van der Waals surface area contributed by atoms with Gasteiger partial charge in [0.15, 0.2) is 0 Å². The third kappa shape index (κ3) is 3.93. The summed E-state index contributed by atoms with van der Waals surface area (Å²) in [5.74, 6) is -0.0809. The minimum absolute atomic E-state index is 0.0809. The Morgan fingerprint density at radius 1 is 1.18 bits per heavy atom. The number of aromatic nitrogens is 4. The van der Waals surface area contributed by atoms with Crippen LogP contribution in [0.3, 0.4) is 0 Å². The molecule has 7 nitrogen and oxygen atoms in total. The average molecular weight is 374 g/mol. The van der Waals surface area contributed by atoms with Gasteiger partial charge in [0.25, 0.3) is 0 Å². The molecule has 0 saturated carbocycles. The van der Waals surface area contributed by atoms with Crippen molar-refractivity contribution in [3.63, 3.8) is 0 Å². The molecule has 2 aromatic carbocycles. The number of aromatic amines is 1. The van der Waals surface area contributed by atoms with Gasteiger partial charge in [0.2, 0.25) is 5.91 Å². The maximum atomic E-state index is 12.1. The number of H-pyrrole nitrogens is 1. The summed E-state index contributed by atoms with van der Waals surface area (Å²) in [4.78, 5) is 15.4. The molecule has 4 rings (SSSR count). The molecular weight excluding hydrogens is 352 g/mol. The van der Waals surface area contributed by atoms with Crippen LogP contribution in [0.15, 0.2) is 59.8 Å². The first-order valence-electron chi connectivity index (χ1n) is 9.36. The van der Waals surface area contributed by atoms with Crippen LogP contribution in [0.4, 0.5) is 0 Å². The molecule has 0 aliphatic rings. The van der Waals surface area contributed by atoms with Gasteiger partial charge < -0.3 is 4.98 Å². The topological polar surface area (TPSA) is 88.0 Å². The van der Waals surface area contributed by atoms with Crippen molar-refractivity contribution in [3.05, 3.63) is 60.3 Å². The van der Waals surface area contributed by atoms with Crippen LogP contribution in [0.1, 0.15) is 25.3 Å². The fourth-order valence-corrected chi connectivity index (χ4v) is 3.28. The number of hydrogen-bond donors (Lipinski definition) is 2. The summed E-state index contributed by atoms with van der Waals surface area (Å²) in [6.45, 7) is 2.35. The van der Waals surface area contributed by atoms with Crippen LogP contribution in [0.5, 0.6) is 0 Å². The fourth-order valence-electron chi connectivity index (χ4n) is 3.28. The Labute approximate surface area is 162 Å². The zero-order valence-electron chi connectivity index (χ0n) is 15.7. The number of para-hydroxylation sites is 2. The summed E-state index contributed by atoms with van der Waals surface area (Å²) in [5, 5.41) is 13.7. The number of carbonyl (C=O) groups is 1. The highest BCUT2D eigenvalue weighted by Crippen LogP contribution is 2.19. The van der Waals surface area contributed by atoms with E-state index in [1.807, 2.05) is 49.5 Å². The van der Waals surface area contributed by atoms with Gasteiger partial charge >= 0.3 is 0 Å². The minimum atomic E-state index is -0.0809. The van der Waals surface area contributed by atoms with Gasteiger partial charge in [0.05, 0.1) is 17.8 Å². The Balaban J connectivity index is 1.27. The molecule has 0 aliphatic heterocycles. The van der Waals surface area contributed by atoms with E-state index in [1.165, 1.54) is 10.9 Å². The molecule has 0 bridgehead atoms. The van der Waals surface area contributed by atoms with E-state index in [0.717, 1.165) is 35.1 Å². The summed E-state index contributed by atoms with van der Waals surface area (Å²) in [6.07, 6.45) is 4.08. The summed E-state index contributed by atoms with van der Waals surface area (Å²) in [7, 11) is 0. The summed E-state index contributed by atoms with van der Waals surface area (Å²) in [6, 6.07) is 16.0. The largest absolute Gasteiger partial charge is 0.361 e. The van der Waals surface area contributed by atoms with E-state index in [4.69, 9.17) is 0 Å². The quantitative estimate of drug-likeness (QED) is 0.384. The highest BCUT2D eigenvalue weighted by molar-refractivity contribution is 5.86. The molecule has 0 saturated heterocycles. The number of aryl methyl sites for hydroxylation is 1. The lowest BCUT2D eigenvalue weighted by molar-refractivity contribution is -0.121. The Kier molecular flexibility index (Phi) is 5.14. The molecule has 2 heterocycles. The van der Waals surface area contributed by atoms with Crippen molar-refractivity contribution >= 4 is 33.6 Å². The monoisotopic (exact) mass is 374 g/mol. The van der Waals surface area contributed by atoms with Crippen LogP contribution in [-0.2, 0) is 17.8 Å². The highest BCUT2D eigenvalue weighted by atomic mass is 16.2. The Hall–Kier alpha value is -3.48. The molecule has 0 atom stereocenters. The first-order chi connectivity index (χ1) is 13.7. The maximum absolute atomic E-state index is 12.1. The van der Waals surface area contributed by atoms with Gasteiger partial charge in [-0.3, -0.25) is 4.79 Å². The Morgan fingerprint density at radius 2 is 2.00 bits per heavy atom. The summed E-state index contributed by atoms with van der Waals surface area (Å²) in [5.41, 5.74) is 7.56. The van der Waals surface area contributed by atoms with Crippen LogP contribution in [0, 0.1) is 0 Å². The van der Waals surface area contributed by atoms with Crippen molar-refractivity contribution in [1.82, 2.24) is 25.4 Å². The molecule has 2 aromatic heterocycles. The number of rotatable bonds is 7. The number of amides is 1. The van der Waals surface area contributed by atoms with Gasteiger partial charge in [0.1, 0.15) is 5.52 Å². The van der Waals surface area contributed by atoms with Gasteiger partial charge in [-0.15, -0.1) is 5.10 Å². The van der Waals surface area contributed by atoms with Crippen molar-refractivity contribution in [2.45, 2.75) is 32.7 Å². The summed E-state index contributed by atoms with van der Waals surface area (Å²) >= 11 is 0. The van der Waals surface area contributed by atoms with Crippen molar-refractivity contribution in [2.24, 2.45) is 5.10 Å². The zero-order valence-corrected chi connectivity index (χ0v) is 15.7. The standard InChI is InChI=1S/C21H22N6O/c1-15(14-27-20-11-5-4-10-19(20)24-26-27)23-25-21(28)12-6-7-16-13-22-18-9-3-2-8-17(16)18/h2-5,8-11,13,22H,6-7,12,14H2,1H3,(H,25,28)/b23-15+. The van der Waals surface area contributed by atoms with E-state index in [0.29, 0.717) is 13.0 Å². The van der Waals surface area contributed by atoms with E-state index in [2.05, 4.69) is 38.0 Å². The van der Waals surface area contributed by atoms with Gasteiger partial charge in [-0.2, -0.15) is 5.10 Å². The molecule has 1 amide bonds. The van der Waals surface area contributed by atoms with E-state index in [9.17, 15) is 4.79 Å². The molecule has 7 heteroatoms. The number of nitrogens with one attached hydrogen (secondary N) is 2. The lowest BCUT2D eigenvalue weighted by atomic mass is 10.1. The van der Waals surface area contributed by atoms with Crippen LogP contribution < -0.4 is 5.43 Å². The first kappa shape index (κ1) is 17.9. The third-order valence-electron chi connectivity index (χ3n) is 4.70. The van der Waals surface area contributed by atoms with Gasteiger partial charge in [-0.05, 0) is 43.5 Å². The average Bonchev–Trinajstić information content (AvgIpc) is 3.31. The second-order valence-electron chi connectivity index (χ2n) is 6.83. The van der Waals surface area contributed by atoms with Gasteiger partial charge in [-0.25, -0.2) is 10.1 Å². The molecule has 2 N–H and O–H groups in total. The van der Waals surface area contributed by atoms with E-state index < -0.39 is 0 Å². The first-order valence-corrected chi connectivity index (χ1v) is 9.36. The molecule has 4 aromatic rings. The smallest absolute Gasteiger partial charge is 0.240 e. The second kappa shape index (κ2) is 8.04. The maximum Gasteiger partial charge on any atom is 0.240 e. The number of hydrazone groups is 1. The normalized spacial score (nSPS) is 12.0. The second-order valence-corrected chi connectivity index (χ2v) is 6.83. The predicted molar refractivity (Wildman–Crippen MR) is 110 cm³/mol. The van der Waals surface area contributed by atoms with Crippen molar-refractivity contribution in [1.29, 1.82) is 0 Å². The van der Waals surface area contributed by atoms with Crippen LogP contribution in [0.2, 0.25) is 0 Å². The van der Waals surface area contributed by atoms with Crippen LogP contribution >= 0.6 is 0 Å². The van der Waals surface area contributed by atoms with E-state index in [-0.39, 0.29) is 5.91 Å². The van der Waals surface area contributed by atoms with Crippen LogP contribution in [-0.4, -0.2) is 31.6 Å². The molecule has 0 unspecified atom stereocenters. The van der Waals surface area contributed by atoms with Crippen molar-refractivity contribution in [3.8, 4) is 0 Å². The van der Waals surface area contributed by atoms with E-state index >= 15 is 0 Å². The predicted octanol–water partition coefficient (Wildman–Crippen LogP) is 3.43. The lowest BCUT2D eigenvalue weighted by Gasteiger charge is -2.04. The number of benzene rings is 2. The zero-order chi connectivity index (χ0) is 19.3. The van der Waals surface area contributed by atoms with Crippen molar-refractivity contribution in [2.75, 3.05) is 0 Å².